The van der Waals surface area contributed by atoms with E-state index in [0.717, 1.165) is 12.8 Å². The van der Waals surface area contributed by atoms with Crippen LogP contribution in [0.4, 0.5) is 0 Å². The zero-order valence-electron chi connectivity index (χ0n) is 6.18. The monoisotopic (exact) mass is 142 g/mol. The molecule has 0 spiro atoms. The zero-order valence-corrected chi connectivity index (χ0v) is 7.00. The normalized spacial score (nSPS) is 11.6. The van der Waals surface area contributed by atoms with Crippen molar-refractivity contribution in [3.63, 3.8) is 0 Å². The highest BCUT2D eigenvalue weighted by molar-refractivity contribution is 8.01. The molecule has 0 bridgehead atoms. The first-order valence-corrected chi connectivity index (χ1v) is 4.45. The van der Waals surface area contributed by atoms with Gasteiger partial charge in [-0.05, 0) is 24.5 Å². The van der Waals surface area contributed by atoms with Crippen molar-refractivity contribution in [2.45, 2.75) is 19.8 Å². The van der Waals surface area contributed by atoms with Crippen LogP contribution in [-0.4, -0.2) is 6.26 Å². The van der Waals surface area contributed by atoms with Crippen LogP contribution in [-0.2, 0) is 0 Å². The Balaban J connectivity index is 3.65. The van der Waals surface area contributed by atoms with Gasteiger partial charge in [0.25, 0.3) is 0 Å². The van der Waals surface area contributed by atoms with Crippen molar-refractivity contribution in [1.29, 1.82) is 0 Å². The minimum absolute atomic E-state index is 1.04. The Kier molecular flexibility index (Phi) is 5.85. The van der Waals surface area contributed by atoms with Crippen LogP contribution in [0.1, 0.15) is 19.8 Å². The minimum Gasteiger partial charge on any atom is -0.138 e. The summed E-state index contributed by atoms with van der Waals surface area (Å²) in [7, 11) is 0. The van der Waals surface area contributed by atoms with Gasteiger partial charge < -0.3 is 0 Å². The lowest BCUT2D eigenvalue weighted by Crippen LogP contribution is -1.74. The van der Waals surface area contributed by atoms with Gasteiger partial charge in [0.2, 0.25) is 0 Å². The minimum atomic E-state index is 1.04. The van der Waals surface area contributed by atoms with Crippen molar-refractivity contribution in [2.24, 2.45) is 0 Å². The summed E-state index contributed by atoms with van der Waals surface area (Å²) < 4.78 is 0. The molecule has 0 nitrogen and oxygen atoms in total. The Morgan fingerprint density at radius 2 is 2.33 bits per heavy atom. The van der Waals surface area contributed by atoms with Gasteiger partial charge in [0, 0.05) is 0 Å². The summed E-state index contributed by atoms with van der Waals surface area (Å²) in [5, 5.41) is 2.20. The van der Waals surface area contributed by atoms with E-state index in [9.17, 15) is 0 Å². The van der Waals surface area contributed by atoms with Crippen molar-refractivity contribution < 1.29 is 0 Å². The van der Waals surface area contributed by atoms with E-state index in [0.29, 0.717) is 0 Å². The average molecular weight is 142 g/mol. The van der Waals surface area contributed by atoms with E-state index in [-0.39, 0.29) is 0 Å². The van der Waals surface area contributed by atoms with E-state index in [1.165, 1.54) is 5.57 Å². The molecule has 0 fully saturated rings. The average Bonchev–Trinajstić information content (AvgIpc) is 1.88. The van der Waals surface area contributed by atoms with Gasteiger partial charge in [-0.1, -0.05) is 18.6 Å². The molecule has 0 aromatic heterocycles. The highest BCUT2D eigenvalue weighted by atomic mass is 32.2. The molecule has 0 unspecified atom stereocenters. The molecule has 0 N–H and O–H groups in total. The first kappa shape index (κ1) is 8.83. The molecular weight excluding hydrogens is 128 g/mol. The summed E-state index contributed by atoms with van der Waals surface area (Å²) in [5.41, 5.74) is 1.47. The molecule has 0 aliphatic rings. The third-order valence-electron chi connectivity index (χ3n) is 1.15. The van der Waals surface area contributed by atoms with Crippen molar-refractivity contribution in [3.05, 3.63) is 23.6 Å². The van der Waals surface area contributed by atoms with Gasteiger partial charge in [0.1, 0.15) is 0 Å². The van der Waals surface area contributed by atoms with Gasteiger partial charge in [0.15, 0.2) is 0 Å². The van der Waals surface area contributed by atoms with Crippen LogP contribution in [0.15, 0.2) is 23.6 Å². The molecular formula is C8H14S. The van der Waals surface area contributed by atoms with E-state index < -0.39 is 0 Å². The van der Waals surface area contributed by atoms with Gasteiger partial charge in [0.05, 0.1) is 0 Å². The van der Waals surface area contributed by atoms with Crippen LogP contribution in [0.25, 0.3) is 0 Å². The zero-order chi connectivity index (χ0) is 7.11. The Hall–Kier alpha value is -0.170. The first-order chi connectivity index (χ1) is 4.35. The lowest BCUT2D eigenvalue weighted by Gasteiger charge is -1.96. The van der Waals surface area contributed by atoms with Crippen molar-refractivity contribution in [1.82, 2.24) is 0 Å². The molecule has 0 aromatic carbocycles. The van der Waals surface area contributed by atoms with Crippen LogP contribution in [0, 0.1) is 0 Å². The van der Waals surface area contributed by atoms with Crippen molar-refractivity contribution in [3.8, 4) is 0 Å². The fourth-order valence-electron chi connectivity index (χ4n) is 0.628. The highest BCUT2D eigenvalue weighted by Gasteiger charge is 1.86. The third-order valence-corrected chi connectivity index (χ3v) is 1.71. The maximum Gasteiger partial charge on any atom is -0.0133 e. The molecule has 0 aromatic rings. The molecule has 0 radical (unpaired) electrons. The molecule has 52 valence electrons. The van der Waals surface area contributed by atoms with Gasteiger partial charge in [-0.15, -0.1) is 18.3 Å². The van der Waals surface area contributed by atoms with Crippen molar-refractivity contribution >= 4 is 11.8 Å². The number of hydrogen-bond donors (Lipinski definition) is 0. The molecule has 1 heteroatoms. The predicted molar refractivity (Wildman–Crippen MR) is 46.7 cm³/mol. The lowest BCUT2D eigenvalue weighted by molar-refractivity contribution is 1.04. The summed E-state index contributed by atoms with van der Waals surface area (Å²) in [6, 6.07) is 0. The van der Waals surface area contributed by atoms with E-state index in [1.54, 1.807) is 11.8 Å². The summed E-state index contributed by atoms with van der Waals surface area (Å²) >= 11 is 1.76. The van der Waals surface area contributed by atoms with Gasteiger partial charge in [-0.25, -0.2) is 0 Å². The molecule has 0 heterocycles. The Morgan fingerprint density at radius 3 is 2.67 bits per heavy atom. The standard InChI is InChI=1S/C8H14S/c1-4-6-8(5-2)7-9-3/h4,7H,1,5-6H2,2-3H3. The predicted octanol–water partition coefficient (Wildman–Crippen LogP) is 3.22. The SMILES string of the molecule is C=CCC(=CSC)CC. The van der Waals surface area contributed by atoms with Gasteiger partial charge in [-0.2, -0.15) is 0 Å². The third kappa shape index (κ3) is 4.34. The molecule has 0 rings (SSSR count). The van der Waals surface area contributed by atoms with Crippen LogP contribution in [0.3, 0.4) is 0 Å². The Labute approximate surface area is 62.0 Å². The maximum atomic E-state index is 3.68. The topological polar surface area (TPSA) is 0 Å². The van der Waals surface area contributed by atoms with E-state index in [1.807, 2.05) is 6.08 Å². The molecule has 0 aliphatic carbocycles. The second-order valence-electron chi connectivity index (χ2n) is 1.86. The van der Waals surface area contributed by atoms with E-state index in [4.69, 9.17) is 0 Å². The molecule has 0 aliphatic heterocycles. The number of hydrogen-bond acceptors (Lipinski definition) is 1. The van der Waals surface area contributed by atoms with Crippen LogP contribution in [0.5, 0.6) is 0 Å². The van der Waals surface area contributed by atoms with Gasteiger partial charge >= 0.3 is 0 Å². The van der Waals surface area contributed by atoms with Crippen molar-refractivity contribution in [2.75, 3.05) is 6.26 Å². The Bertz CT molecular complexity index is 103. The maximum absolute atomic E-state index is 3.68. The molecule has 0 amide bonds. The smallest absolute Gasteiger partial charge is 0.0133 e. The lowest BCUT2D eigenvalue weighted by atomic mass is 10.2. The fraction of sp³-hybridized carbons (Fsp3) is 0.500. The van der Waals surface area contributed by atoms with E-state index >= 15 is 0 Å². The van der Waals surface area contributed by atoms with E-state index in [2.05, 4.69) is 25.2 Å². The largest absolute Gasteiger partial charge is 0.138 e. The number of thioether (sulfide) groups is 1. The molecule has 0 saturated carbocycles. The number of allylic oxidation sites excluding steroid dienone is 2. The fourth-order valence-corrected chi connectivity index (χ4v) is 1.22. The summed E-state index contributed by atoms with van der Waals surface area (Å²) in [5.74, 6) is 0. The highest BCUT2D eigenvalue weighted by Crippen LogP contribution is 2.10. The Morgan fingerprint density at radius 1 is 1.67 bits per heavy atom. The van der Waals surface area contributed by atoms with Crippen LogP contribution in [0.2, 0.25) is 0 Å². The second-order valence-corrected chi connectivity index (χ2v) is 2.57. The summed E-state index contributed by atoms with van der Waals surface area (Å²) in [6.45, 7) is 5.85. The molecule has 0 atom stereocenters. The quantitative estimate of drug-likeness (QED) is 0.543. The first-order valence-electron chi connectivity index (χ1n) is 3.16. The molecule has 9 heavy (non-hydrogen) atoms. The van der Waals surface area contributed by atoms with Gasteiger partial charge in [-0.3, -0.25) is 0 Å². The second kappa shape index (κ2) is 5.96. The summed E-state index contributed by atoms with van der Waals surface area (Å²) in [6.07, 6.45) is 6.22. The van der Waals surface area contributed by atoms with Crippen LogP contribution < -0.4 is 0 Å². The van der Waals surface area contributed by atoms with Crippen LogP contribution >= 0.6 is 11.8 Å². The summed E-state index contributed by atoms with van der Waals surface area (Å²) in [4.78, 5) is 0. The molecule has 0 saturated heterocycles. The number of rotatable bonds is 4.